The fraction of sp³-hybridized carbons (Fsp3) is 0.524. The van der Waals surface area contributed by atoms with E-state index in [2.05, 4.69) is 10.3 Å². The molecule has 28 heavy (non-hydrogen) atoms. The Bertz CT molecular complexity index is 920. The Kier molecular flexibility index (Phi) is 6.79. The minimum atomic E-state index is -0.769. The molecule has 2 aromatic rings. The number of nitrogens with one attached hydrogen (secondary N) is 1. The Morgan fingerprint density at radius 3 is 2.75 bits per heavy atom. The highest BCUT2D eigenvalue weighted by molar-refractivity contribution is 5.97. The molecule has 0 fully saturated rings. The van der Waals surface area contributed by atoms with Gasteiger partial charge in [0, 0.05) is 31.5 Å². The molecule has 150 valence electrons. The predicted molar refractivity (Wildman–Crippen MR) is 107 cm³/mol. The van der Waals surface area contributed by atoms with Gasteiger partial charge in [-0.3, -0.25) is 19.0 Å². The van der Waals surface area contributed by atoms with Gasteiger partial charge in [-0.15, -0.1) is 0 Å². The quantitative estimate of drug-likeness (QED) is 0.681. The first-order chi connectivity index (χ1) is 13.6. The summed E-state index contributed by atoms with van der Waals surface area (Å²) >= 11 is 0. The zero-order chi connectivity index (χ0) is 19.9. The maximum absolute atomic E-state index is 12.7. The molecule has 1 amide bonds. The van der Waals surface area contributed by atoms with Gasteiger partial charge in [-0.1, -0.05) is 19.3 Å². The lowest BCUT2D eigenvalue weighted by Crippen LogP contribution is -2.26. The molecule has 1 aliphatic rings. The van der Waals surface area contributed by atoms with Crippen LogP contribution in [0.3, 0.4) is 0 Å². The lowest BCUT2D eigenvalue weighted by Gasteiger charge is -2.11. The van der Waals surface area contributed by atoms with E-state index in [0.29, 0.717) is 36.0 Å². The number of fused-ring (bicyclic) bond motifs is 2. The number of benzene rings is 1. The normalized spacial score (nSPS) is 13.7. The molecule has 1 aromatic carbocycles. The molecule has 2 N–H and O–H groups in total. The lowest BCUT2D eigenvalue weighted by atomic mass is 10.1. The van der Waals surface area contributed by atoms with Crippen LogP contribution in [0.5, 0.6) is 0 Å². The van der Waals surface area contributed by atoms with E-state index in [9.17, 15) is 14.4 Å². The summed E-state index contributed by atoms with van der Waals surface area (Å²) in [4.78, 5) is 40.2. The summed E-state index contributed by atoms with van der Waals surface area (Å²) in [5, 5.41) is 12.0. The molecule has 1 aliphatic heterocycles. The maximum Gasteiger partial charge on any atom is 0.303 e. The largest absolute Gasteiger partial charge is 0.481 e. The van der Waals surface area contributed by atoms with Gasteiger partial charge in [0.25, 0.3) is 11.5 Å². The second kappa shape index (κ2) is 9.48. The van der Waals surface area contributed by atoms with Crippen molar-refractivity contribution in [3.8, 4) is 0 Å². The van der Waals surface area contributed by atoms with Crippen molar-refractivity contribution in [2.45, 2.75) is 64.3 Å². The van der Waals surface area contributed by atoms with Gasteiger partial charge < -0.3 is 10.4 Å². The Labute approximate surface area is 163 Å². The second-order valence-electron chi connectivity index (χ2n) is 7.34. The molecule has 2 heterocycles. The molecule has 0 bridgehead atoms. The topological polar surface area (TPSA) is 101 Å². The summed E-state index contributed by atoms with van der Waals surface area (Å²) in [6.07, 6.45) is 7.33. The molecule has 7 heteroatoms. The SMILES string of the molecule is O=C(O)CCCCCCNC(=O)c1ccc2c(=O)n3c(nc2c1)CCCCC3. The molecule has 7 nitrogen and oxygen atoms in total. The van der Waals surface area contributed by atoms with Crippen molar-refractivity contribution < 1.29 is 14.7 Å². The summed E-state index contributed by atoms with van der Waals surface area (Å²) in [6.45, 7) is 1.26. The van der Waals surface area contributed by atoms with Crippen LogP contribution in [0.25, 0.3) is 10.9 Å². The number of carbonyl (C=O) groups excluding carboxylic acids is 1. The van der Waals surface area contributed by atoms with Crippen molar-refractivity contribution in [3.05, 3.63) is 39.9 Å². The molecule has 0 saturated heterocycles. The number of nitrogens with zero attached hydrogens (tertiary/aromatic N) is 2. The van der Waals surface area contributed by atoms with Crippen LogP contribution in [-0.2, 0) is 17.8 Å². The van der Waals surface area contributed by atoms with E-state index in [1.165, 1.54) is 0 Å². The van der Waals surface area contributed by atoms with Crippen molar-refractivity contribution in [3.63, 3.8) is 0 Å². The van der Waals surface area contributed by atoms with Crippen LogP contribution < -0.4 is 10.9 Å². The van der Waals surface area contributed by atoms with Crippen LogP contribution in [-0.4, -0.2) is 33.1 Å². The van der Waals surface area contributed by atoms with Gasteiger partial charge in [-0.05, 0) is 43.9 Å². The second-order valence-corrected chi connectivity index (χ2v) is 7.34. The number of hydrogen-bond donors (Lipinski definition) is 2. The summed E-state index contributed by atoms with van der Waals surface area (Å²) in [6, 6.07) is 5.07. The fourth-order valence-corrected chi connectivity index (χ4v) is 3.62. The van der Waals surface area contributed by atoms with Crippen molar-refractivity contribution in [1.29, 1.82) is 0 Å². The highest BCUT2D eigenvalue weighted by atomic mass is 16.4. The third-order valence-corrected chi connectivity index (χ3v) is 5.18. The van der Waals surface area contributed by atoms with Gasteiger partial charge in [-0.25, -0.2) is 4.98 Å². The Morgan fingerprint density at radius 2 is 1.93 bits per heavy atom. The first-order valence-electron chi connectivity index (χ1n) is 10.1. The van der Waals surface area contributed by atoms with Crippen molar-refractivity contribution in [1.82, 2.24) is 14.9 Å². The number of carboxylic acid groups (broad SMARTS) is 1. The Hall–Kier alpha value is -2.70. The summed E-state index contributed by atoms with van der Waals surface area (Å²) < 4.78 is 1.78. The van der Waals surface area contributed by atoms with Gasteiger partial charge in [0.05, 0.1) is 10.9 Å². The molecule has 0 saturated carbocycles. The van der Waals surface area contributed by atoms with Gasteiger partial charge in [0.1, 0.15) is 5.82 Å². The highest BCUT2D eigenvalue weighted by Crippen LogP contribution is 2.16. The van der Waals surface area contributed by atoms with E-state index in [0.717, 1.165) is 50.8 Å². The third kappa shape index (κ3) is 4.97. The summed E-state index contributed by atoms with van der Waals surface area (Å²) in [7, 11) is 0. The van der Waals surface area contributed by atoms with Crippen molar-refractivity contribution >= 4 is 22.8 Å². The monoisotopic (exact) mass is 385 g/mol. The average Bonchev–Trinajstić information content (AvgIpc) is 2.92. The number of carbonyl (C=O) groups is 2. The van der Waals surface area contributed by atoms with Crippen LogP contribution >= 0.6 is 0 Å². The van der Waals surface area contributed by atoms with Gasteiger partial charge in [-0.2, -0.15) is 0 Å². The first kappa shape index (κ1) is 20.0. The number of rotatable bonds is 8. The zero-order valence-electron chi connectivity index (χ0n) is 16.1. The molecular weight excluding hydrogens is 358 g/mol. The summed E-state index contributed by atoms with van der Waals surface area (Å²) in [5.41, 5.74) is 1.07. The van der Waals surface area contributed by atoms with Crippen LogP contribution in [0.4, 0.5) is 0 Å². The van der Waals surface area contributed by atoms with Crippen LogP contribution in [0.15, 0.2) is 23.0 Å². The van der Waals surface area contributed by atoms with Gasteiger partial charge in [0.15, 0.2) is 0 Å². The minimum absolute atomic E-state index is 0.0183. The number of amides is 1. The number of carboxylic acids is 1. The van der Waals surface area contributed by atoms with E-state index in [-0.39, 0.29) is 17.9 Å². The van der Waals surface area contributed by atoms with E-state index in [4.69, 9.17) is 5.11 Å². The highest BCUT2D eigenvalue weighted by Gasteiger charge is 2.15. The van der Waals surface area contributed by atoms with Crippen molar-refractivity contribution in [2.24, 2.45) is 0 Å². The number of unbranched alkanes of at least 4 members (excludes halogenated alkanes) is 3. The molecule has 0 unspecified atom stereocenters. The van der Waals surface area contributed by atoms with Crippen LogP contribution in [0.1, 0.15) is 67.5 Å². The molecule has 3 rings (SSSR count). The molecule has 0 atom stereocenters. The van der Waals surface area contributed by atoms with E-state index < -0.39 is 5.97 Å². The third-order valence-electron chi connectivity index (χ3n) is 5.18. The first-order valence-corrected chi connectivity index (χ1v) is 10.1. The fourth-order valence-electron chi connectivity index (χ4n) is 3.62. The van der Waals surface area contributed by atoms with Crippen molar-refractivity contribution in [2.75, 3.05) is 6.54 Å². The molecule has 0 spiro atoms. The predicted octanol–water partition coefficient (Wildman–Crippen LogP) is 2.89. The number of aliphatic carboxylic acids is 1. The Morgan fingerprint density at radius 1 is 1.11 bits per heavy atom. The van der Waals surface area contributed by atoms with Gasteiger partial charge in [0.2, 0.25) is 0 Å². The molecule has 0 radical (unpaired) electrons. The summed E-state index contributed by atoms with van der Waals surface area (Å²) in [5.74, 6) is -0.132. The average molecular weight is 385 g/mol. The van der Waals surface area contributed by atoms with Gasteiger partial charge >= 0.3 is 5.97 Å². The number of aromatic nitrogens is 2. The molecule has 0 aliphatic carbocycles. The molecular formula is C21H27N3O4. The Balaban J connectivity index is 1.61. The maximum atomic E-state index is 12.7. The smallest absolute Gasteiger partial charge is 0.303 e. The van der Waals surface area contributed by atoms with Crippen LogP contribution in [0.2, 0.25) is 0 Å². The van der Waals surface area contributed by atoms with E-state index in [1.54, 1.807) is 22.8 Å². The number of hydrogen-bond acceptors (Lipinski definition) is 4. The minimum Gasteiger partial charge on any atom is -0.481 e. The number of aryl methyl sites for hydroxylation is 1. The lowest BCUT2D eigenvalue weighted by molar-refractivity contribution is -0.137. The van der Waals surface area contributed by atoms with E-state index in [1.807, 2.05) is 0 Å². The zero-order valence-corrected chi connectivity index (χ0v) is 16.1. The van der Waals surface area contributed by atoms with Crippen LogP contribution in [0, 0.1) is 0 Å². The molecule has 1 aromatic heterocycles. The van der Waals surface area contributed by atoms with E-state index >= 15 is 0 Å². The standard InChI is InChI=1S/C21H27N3O4/c25-19(26)9-5-1-2-6-12-22-20(27)15-10-11-16-17(14-15)23-18-8-4-3-7-13-24(18)21(16)28/h10-11,14H,1-9,12-13H2,(H,22,27)(H,25,26).